The fourth-order valence-electron chi connectivity index (χ4n) is 1.71. The van der Waals surface area contributed by atoms with Gasteiger partial charge in [0, 0.05) is 25.8 Å². The number of halogens is 1. The summed E-state index contributed by atoms with van der Waals surface area (Å²) in [5, 5.41) is 9.35. The minimum absolute atomic E-state index is 0.243. The highest BCUT2D eigenvalue weighted by Gasteiger charge is 2.14. The first-order valence-electron chi connectivity index (χ1n) is 7.09. The molecule has 0 aliphatic carbocycles. The van der Waals surface area contributed by atoms with Gasteiger partial charge in [0.25, 0.3) is 0 Å². The Hall–Kier alpha value is -1.96. The summed E-state index contributed by atoms with van der Waals surface area (Å²) in [6.07, 6.45) is 1.31. The molecule has 0 radical (unpaired) electrons. The Morgan fingerprint density at radius 3 is 2.04 bits per heavy atom. The molecule has 0 aliphatic rings. The van der Waals surface area contributed by atoms with E-state index in [1.807, 2.05) is 0 Å². The van der Waals surface area contributed by atoms with Gasteiger partial charge in [0.2, 0.25) is 5.76 Å². The van der Waals surface area contributed by atoms with Gasteiger partial charge in [-0.25, -0.2) is 4.79 Å². The van der Waals surface area contributed by atoms with E-state index in [0.717, 1.165) is 0 Å². The van der Waals surface area contributed by atoms with Crippen LogP contribution in [0.2, 0.25) is 5.02 Å². The van der Waals surface area contributed by atoms with Gasteiger partial charge in [-0.3, -0.25) is 0 Å². The quantitative estimate of drug-likeness (QED) is 0.368. The van der Waals surface area contributed by atoms with Crippen molar-refractivity contribution >= 4 is 23.6 Å². The maximum Gasteiger partial charge on any atom is 0.371 e. The number of ether oxygens (including phenoxy) is 5. The lowest BCUT2D eigenvalue weighted by Gasteiger charge is -2.14. The number of rotatable bonds is 11. The minimum Gasteiger partial charge on any atom is -0.490 e. The Labute approximate surface area is 145 Å². The lowest BCUT2D eigenvalue weighted by Crippen LogP contribution is -2.09. The number of carbonyl (C=O) groups is 1. The number of carboxylic acids is 1. The Morgan fingerprint density at radius 2 is 1.58 bits per heavy atom. The third kappa shape index (κ3) is 6.27. The fraction of sp³-hybridized carbons (Fsp3) is 0.438. The van der Waals surface area contributed by atoms with Crippen LogP contribution < -0.4 is 9.47 Å². The summed E-state index contributed by atoms with van der Waals surface area (Å²) >= 11 is 6.20. The molecule has 134 valence electrons. The molecule has 0 amide bonds. The molecule has 7 nitrogen and oxygen atoms in total. The first-order valence-corrected chi connectivity index (χ1v) is 7.47. The topological polar surface area (TPSA) is 83.5 Å². The molecule has 8 heteroatoms. The third-order valence-electron chi connectivity index (χ3n) is 2.87. The standard InChI is InChI=1S/C16H21ClO7/c1-20-4-6-23-13-8-11(9-15(22-3)16(18)19)12(17)10-14(13)24-7-5-21-2/h8-10H,4-7H2,1-3H3,(H,18,19). The van der Waals surface area contributed by atoms with Crippen LogP contribution in [0.4, 0.5) is 0 Å². The molecule has 1 aromatic carbocycles. The van der Waals surface area contributed by atoms with Crippen LogP contribution in [-0.4, -0.2) is 58.8 Å². The molecule has 0 fully saturated rings. The summed E-state index contributed by atoms with van der Waals surface area (Å²) in [6, 6.07) is 3.14. The summed E-state index contributed by atoms with van der Waals surface area (Å²) < 4.78 is 25.9. The summed E-state index contributed by atoms with van der Waals surface area (Å²) in [7, 11) is 4.40. The Kier molecular flexibility index (Phi) is 8.99. The Bertz CT molecular complexity index is 572. The predicted octanol–water partition coefficient (Wildman–Crippen LogP) is 2.46. The molecule has 0 aliphatic heterocycles. The van der Waals surface area contributed by atoms with E-state index in [1.165, 1.54) is 13.2 Å². The van der Waals surface area contributed by atoms with E-state index in [0.29, 0.717) is 48.5 Å². The Balaban J connectivity index is 3.12. The largest absolute Gasteiger partial charge is 0.490 e. The fourth-order valence-corrected chi connectivity index (χ4v) is 1.91. The smallest absolute Gasteiger partial charge is 0.371 e. The SMILES string of the molecule is COCCOc1cc(Cl)c(C=C(OC)C(=O)O)cc1OCCOC. The van der Waals surface area contributed by atoms with Crippen molar-refractivity contribution in [3.8, 4) is 11.5 Å². The van der Waals surface area contributed by atoms with Crippen molar-refractivity contribution in [3.05, 3.63) is 28.5 Å². The second-order valence-corrected chi connectivity index (χ2v) is 4.93. The van der Waals surface area contributed by atoms with Crippen LogP contribution in [0.3, 0.4) is 0 Å². The van der Waals surface area contributed by atoms with Crippen molar-refractivity contribution in [1.29, 1.82) is 0 Å². The van der Waals surface area contributed by atoms with E-state index >= 15 is 0 Å². The van der Waals surface area contributed by atoms with Crippen molar-refractivity contribution in [2.45, 2.75) is 0 Å². The molecule has 0 aromatic heterocycles. The predicted molar refractivity (Wildman–Crippen MR) is 88.8 cm³/mol. The van der Waals surface area contributed by atoms with Gasteiger partial charge < -0.3 is 28.8 Å². The van der Waals surface area contributed by atoms with Gasteiger partial charge in [0.1, 0.15) is 13.2 Å². The number of carboxylic acid groups (broad SMARTS) is 1. The van der Waals surface area contributed by atoms with Crippen LogP contribution in [0.15, 0.2) is 17.9 Å². The van der Waals surface area contributed by atoms with Gasteiger partial charge in [-0.15, -0.1) is 0 Å². The van der Waals surface area contributed by atoms with Crippen molar-refractivity contribution in [2.75, 3.05) is 47.8 Å². The summed E-state index contributed by atoms with van der Waals surface area (Å²) in [6.45, 7) is 1.42. The molecular weight excluding hydrogens is 340 g/mol. The normalized spacial score (nSPS) is 11.2. The molecule has 1 rings (SSSR count). The number of hydrogen-bond acceptors (Lipinski definition) is 6. The molecule has 0 saturated carbocycles. The number of benzene rings is 1. The second-order valence-electron chi connectivity index (χ2n) is 4.52. The van der Waals surface area contributed by atoms with E-state index in [4.69, 9.17) is 40.4 Å². The van der Waals surface area contributed by atoms with Crippen LogP contribution in [0.5, 0.6) is 11.5 Å². The zero-order chi connectivity index (χ0) is 17.9. The van der Waals surface area contributed by atoms with Crippen LogP contribution >= 0.6 is 11.6 Å². The molecule has 0 bridgehead atoms. The highest BCUT2D eigenvalue weighted by atomic mass is 35.5. The monoisotopic (exact) mass is 360 g/mol. The van der Waals surface area contributed by atoms with Gasteiger partial charge >= 0.3 is 5.97 Å². The highest BCUT2D eigenvalue weighted by Crippen LogP contribution is 2.34. The number of aliphatic carboxylic acids is 1. The van der Waals surface area contributed by atoms with Crippen LogP contribution in [-0.2, 0) is 19.0 Å². The lowest BCUT2D eigenvalue weighted by molar-refractivity contribution is -0.135. The summed E-state index contributed by atoms with van der Waals surface area (Å²) in [4.78, 5) is 11.1. The molecule has 0 heterocycles. The zero-order valence-corrected chi connectivity index (χ0v) is 14.6. The second kappa shape index (κ2) is 10.7. The first kappa shape index (κ1) is 20.1. The van der Waals surface area contributed by atoms with Crippen LogP contribution in [0, 0.1) is 0 Å². The van der Waals surface area contributed by atoms with E-state index in [2.05, 4.69) is 0 Å². The average Bonchev–Trinajstić information content (AvgIpc) is 2.55. The van der Waals surface area contributed by atoms with Crippen LogP contribution in [0.1, 0.15) is 5.56 Å². The summed E-state index contributed by atoms with van der Waals surface area (Å²) in [5.41, 5.74) is 0.433. The van der Waals surface area contributed by atoms with Gasteiger partial charge in [0.15, 0.2) is 11.5 Å². The Morgan fingerprint density at radius 1 is 1.04 bits per heavy atom. The molecule has 0 saturated heterocycles. The molecule has 0 unspecified atom stereocenters. The third-order valence-corrected chi connectivity index (χ3v) is 3.20. The molecule has 1 aromatic rings. The first-order chi connectivity index (χ1) is 11.5. The summed E-state index contributed by atoms with van der Waals surface area (Å²) in [5.74, 6) is -0.595. The molecule has 24 heavy (non-hydrogen) atoms. The van der Waals surface area contributed by atoms with Gasteiger partial charge in [-0.2, -0.15) is 0 Å². The van der Waals surface area contributed by atoms with E-state index < -0.39 is 5.97 Å². The van der Waals surface area contributed by atoms with Crippen molar-refractivity contribution in [2.24, 2.45) is 0 Å². The lowest BCUT2D eigenvalue weighted by atomic mass is 10.1. The average molecular weight is 361 g/mol. The minimum atomic E-state index is -1.20. The van der Waals surface area contributed by atoms with Crippen molar-refractivity contribution < 1.29 is 33.6 Å². The van der Waals surface area contributed by atoms with Crippen molar-refractivity contribution in [3.63, 3.8) is 0 Å². The number of hydrogen-bond donors (Lipinski definition) is 1. The molecule has 0 spiro atoms. The van der Waals surface area contributed by atoms with Crippen molar-refractivity contribution in [1.82, 2.24) is 0 Å². The van der Waals surface area contributed by atoms with Gasteiger partial charge in [0.05, 0.1) is 25.3 Å². The zero-order valence-electron chi connectivity index (χ0n) is 13.8. The van der Waals surface area contributed by atoms with Crippen LogP contribution in [0.25, 0.3) is 6.08 Å². The molecule has 1 N–H and O–H groups in total. The van der Waals surface area contributed by atoms with E-state index in [9.17, 15) is 4.79 Å². The van der Waals surface area contributed by atoms with Gasteiger partial charge in [-0.1, -0.05) is 11.6 Å². The highest BCUT2D eigenvalue weighted by molar-refractivity contribution is 6.32. The van der Waals surface area contributed by atoms with E-state index in [-0.39, 0.29) is 5.76 Å². The molecular formula is C16H21ClO7. The number of methoxy groups -OCH3 is 3. The maximum atomic E-state index is 11.1. The molecule has 0 atom stereocenters. The maximum absolute atomic E-state index is 11.1. The van der Waals surface area contributed by atoms with Gasteiger partial charge in [-0.05, 0) is 12.1 Å². The van der Waals surface area contributed by atoms with E-state index in [1.54, 1.807) is 26.4 Å².